The average molecular weight is 456 g/mol. The molecule has 0 fully saturated rings. The van der Waals surface area contributed by atoms with E-state index >= 15 is 0 Å². The summed E-state index contributed by atoms with van der Waals surface area (Å²) in [6.45, 7) is 2.61. The molecule has 4 aromatic rings. The van der Waals surface area contributed by atoms with Gasteiger partial charge in [-0.3, -0.25) is 14.7 Å². The van der Waals surface area contributed by atoms with Crippen LogP contribution in [0.2, 0.25) is 10.0 Å². The van der Waals surface area contributed by atoms with Gasteiger partial charge in [0.15, 0.2) is 0 Å². The van der Waals surface area contributed by atoms with E-state index in [9.17, 15) is 9.59 Å². The second-order valence-corrected chi connectivity index (χ2v) is 7.95. The van der Waals surface area contributed by atoms with Crippen molar-refractivity contribution < 1.29 is 4.79 Å². The first-order chi connectivity index (χ1) is 14.9. The van der Waals surface area contributed by atoms with Crippen LogP contribution in [0.4, 0.5) is 0 Å². The summed E-state index contributed by atoms with van der Waals surface area (Å²) in [7, 11) is 0. The number of hydrogen-bond acceptors (Lipinski definition) is 4. The van der Waals surface area contributed by atoms with Crippen molar-refractivity contribution in [2.75, 3.05) is 6.54 Å². The predicted octanol–water partition coefficient (Wildman–Crippen LogP) is 4.67. The minimum Gasteiger partial charge on any atom is -0.330 e. The van der Waals surface area contributed by atoms with Gasteiger partial charge in [0, 0.05) is 22.2 Å². The van der Waals surface area contributed by atoms with Gasteiger partial charge in [-0.25, -0.2) is 4.98 Å². The molecule has 1 amide bonds. The number of halogens is 2. The lowest BCUT2D eigenvalue weighted by Crippen LogP contribution is -2.33. The molecular formula is C22H19Cl2N5O2. The van der Waals surface area contributed by atoms with Crippen molar-refractivity contribution in [1.82, 2.24) is 25.1 Å². The van der Waals surface area contributed by atoms with E-state index in [2.05, 4.69) is 20.2 Å². The molecule has 0 atom stereocenters. The predicted molar refractivity (Wildman–Crippen MR) is 121 cm³/mol. The maximum absolute atomic E-state index is 13.1. The van der Waals surface area contributed by atoms with E-state index in [-0.39, 0.29) is 18.0 Å². The maximum Gasteiger partial charge on any atom is 0.272 e. The standard InChI is InChI=1S/C22H19Cl2N5O2/c1-2-8-29(12-20-25-18-10-15(24)6-7-16(18)21(30)26-20)22(31)19-11-17(27-28-19)13-4-3-5-14(23)9-13/h3-7,9-11H,2,8,12H2,1H3,(H,27,28)(H,25,26,30). The Hall–Kier alpha value is -3.16. The Morgan fingerprint density at radius 1 is 1.10 bits per heavy atom. The van der Waals surface area contributed by atoms with Gasteiger partial charge in [-0.15, -0.1) is 0 Å². The van der Waals surface area contributed by atoms with E-state index in [4.69, 9.17) is 23.2 Å². The zero-order chi connectivity index (χ0) is 22.0. The van der Waals surface area contributed by atoms with Crippen LogP contribution >= 0.6 is 23.2 Å². The van der Waals surface area contributed by atoms with Crippen LogP contribution < -0.4 is 5.56 Å². The summed E-state index contributed by atoms with van der Waals surface area (Å²) in [6.07, 6.45) is 0.741. The van der Waals surface area contributed by atoms with Gasteiger partial charge in [0.2, 0.25) is 0 Å². The molecule has 2 aromatic carbocycles. The number of rotatable bonds is 6. The van der Waals surface area contributed by atoms with E-state index in [0.717, 1.165) is 12.0 Å². The van der Waals surface area contributed by atoms with Gasteiger partial charge in [0.25, 0.3) is 11.5 Å². The summed E-state index contributed by atoms with van der Waals surface area (Å²) in [5.41, 5.74) is 1.98. The number of H-pyrrole nitrogens is 2. The third kappa shape index (κ3) is 4.62. The molecule has 0 bridgehead atoms. The largest absolute Gasteiger partial charge is 0.330 e. The van der Waals surface area contributed by atoms with E-state index in [1.165, 1.54) is 0 Å². The Morgan fingerprint density at radius 3 is 2.68 bits per heavy atom. The highest BCUT2D eigenvalue weighted by Gasteiger charge is 2.20. The maximum atomic E-state index is 13.1. The summed E-state index contributed by atoms with van der Waals surface area (Å²) in [6, 6.07) is 13.8. The zero-order valence-electron chi connectivity index (χ0n) is 16.7. The molecule has 2 N–H and O–H groups in total. The number of amides is 1. The fourth-order valence-corrected chi connectivity index (χ4v) is 3.69. The summed E-state index contributed by atoms with van der Waals surface area (Å²) < 4.78 is 0. The highest BCUT2D eigenvalue weighted by molar-refractivity contribution is 6.31. The summed E-state index contributed by atoms with van der Waals surface area (Å²) in [5, 5.41) is 8.57. The van der Waals surface area contributed by atoms with Gasteiger partial charge < -0.3 is 9.88 Å². The van der Waals surface area contributed by atoms with Crippen LogP contribution in [0, 0.1) is 0 Å². The lowest BCUT2D eigenvalue weighted by atomic mass is 10.1. The van der Waals surface area contributed by atoms with Crippen molar-refractivity contribution >= 4 is 40.0 Å². The summed E-state index contributed by atoms with van der Waals surface area (Å²) in [4.78, 5) is 34.4. The first kappa shape index (κ1) is 21.1. The van der Waals surface area contributed by atoms with E-state index in [1.807, 2.05) is 19.1 Å². The molecule has 31 heavy (non-hydrogen) atoms. The second-order valence-electron chi connectivity index (χ2n) is 7.08. The SMILES string of the molecule is CCCN(Cc1nc2cc(Cl)ccc2c(=O)[nH]1)C(=O)c1cc(-c2cccc(Cl)c2)n[nH]1. The van der Waals surface area contributed by atoms with Gasteiger partial charge in [-0.05, 0) is 42.8 Å². The fraction of sp³-hybridized carbons (Fsp3) is 0.182. The molecule has 7 nitrogen and oxygen atoms in total. The van der Waals surface area contributed by atoms with Crippen molar-refractivity contribution in [1.29, 1.82) is 0 Å². The molecule has 4 rings (SSSR count). The molecule has 9 heteroatoms. The fourth-order valence-electron chi connectivity index (χ4n) is 3.34. The average Bonchev–Trinajstić information content (AvgIpc) is 3.23. The number of nitrogens with one attached hydrogen (secondary N) is 2. The number of hydrogen-bond donors (Lipinski definition) is 2. The molecule has 0 saturated heterocycles. The topological polar surface area (TPSA) is 94.7 Å². The molecule has 0 saturated carbocycles. The molecule has 0 spiro atoms. The van der Waals surface area contributed by atoms with Gasteiger partial charge in [-0.2, -0.15) is 5.10 Å². The zero-order valence-corrected chi connectivity index (χ0v) is 18.2. The van der Waals surface area contributed by atoms with Crippen molar-refractivity contribution in [3.8, 4) is 11.3 Å². The number of aromatic nitrogens is 4. The Morgan fingerprint density at radius 2 is 1.90 bits per heavy atom. The second kappa shape index (κ2) is 8.91. The van der Waals surface area contributed by atoms with Gasteiger partial charge >= 0.3 is 0 Å². The van der Waals surface area contributed by atoms with Crippen molar-refractivity contribution in [3.63, 3.8) is 0 Å². The molecule has 0 unspecified atom stereocenters. The minimum absolute atomic E-state index is 0.149. The molecule has 158 valence electrons. The Balaban J connectivity index is 1.61. The third-order valence-corrected chi connectivity index (χ3v) is 5.24. The van der Waals surface area contributed by atoms with Crippen LogP contribution in [0.5, 0.6) is 0 Å². The third-order valence-electron chi connectivity index (χ3n) is 4.77. The lowest BCUT2D eigenvalue weighted by molar-refractivity contribution is 0.0733. The molecule has 2 heterocycles. The number of carbonyl (C=O) groups excluding carboxylic acids is 1. The summed E-state index contributed by atoms with van der Waals surface area (Å²) in [5.74, 6) is 0.146. The van der Waals surface area contributed by atoms with Crippen molar-refractivity contribution in [3.05, 3.63) is 80.4 Å². The molecule has 2 aromatic heterocycles. The first-order valence-corrected chi connectivity index (χ1v) is 10.5. The highest BCUT2D eigenvalue weighted by atomic mass is 35.5. The number of fused-ring (bicyclic) bond motifs is 1. The summed E-state index contributed by atoms with van der Waals surface area (Å²) >= 11 is 12.1. The quantitative estimate of drug-likeness (QED) is 0.441. The van der Waals surface area contributed by atoms with Crippen LogP contribution in [0.25, 0.3) is 22.2 Å². The molecular weight excluding hydrogens is 437 g/mol. The van der Waals surface area contributed by atoms with E-state index in [0.29, 0.717) is 44.7 Å². The lowest BCUT2D eigenvalue weighted by Gasteiger charge is -2.20. The van der Waals surface area contributed by atoms with Crippen LogP contribution in [-0.4, -0.2) is 37.5 Å². The number of carbonyl (C=O) groups is 1. The van der Waals surface area contributed by atoms with Crippen LogP contribution in [0.15, 0.2) is 53.3 Å². The van der Waals surface area contributed by atoms with Gasteiger partial charge in [0.05, 0.1) is 23.1 Å². The smallest absolute Gasteiger partial charge is 0.272 e. The number of benzene rings is 2. The molecule has 0 radical (unpaired) electrons. The Labute approximate surface area is 188 Å². The Bertz CT molecular complexity index is 1310. The van der Waals surface area contributed by atoms with E-state index in [1.54, 1.807) is 41.3 Å². The monoisotopic (exact) mass is 455 g/mol. The van der Waals surface area contributed by atoms with Crippen molar-refractivity contribution in [2.24, 2.45) is 0 Å². The van der Waals surface area contributed by atoms with E-state index < -0.39 is 0 Å². The Kier molecular flexibility index (Phi) is 6.06. The van der Waals surface area contributed by atoms with Crippen molar-refractivity contribution in [2.45, 2.75) is 19.9 Å². The molecule has 0 aliphatic rings. The highest BCUT2D eigenvalue weighted by Crippen LogP contribution is 2.22. The van der Waals surface area contributed by atoms with Gasteiger partial charge in [-0.1, -0.05) is 42.3 Å². The molecule has 0 aliphatic heterocycles. The number of aromatic amines is 2. The minimum atomic E-state index is -0.273. The van der Waals surface area contributed by atoms with Crippen LogP contribution in [-0.2, 0) is 6.54 Å². The van der Waals surface area contributed by atoms with Crippen LogP contribution in [0.3, 0.4) is 0 Å². The normalized spacial score (nSPS) is 11.1. The number of nitrogens with zero attached hydrogens (tertiary/aromatic N) is 3. The van der Waals surface area contributed by atoms with Gasteiger partial charge in [0.1, 0.15) is 11.5 Å². The van der Waals surface area contributed by atoms with Crippen LogP contribution in [0.1, 0.15) is 29.7 Å². The molecule has 0 aliphatic carbocycles. The first-order valence-electron chi connectivity index (χ1n) is 9.73.